The van der Waals surface area contributed by atoms with Crippen LogP contribution in [0.5, 0.6) is 0 Å². The third-order valence-electron chi connectivity index (χ3n) is 4.69. The fraction of sp³-hybridized carbons (Fsp3) is 1.00. The molecule has 2 aliphatic heterocycles. The molecule has 0 aliphatic carbocycles. The molecule has 1 atom stereocenters. The van der Waals surface area contributed by atoms with Crippen LogP contribution in [0.3, 0.4) is 0 Å². The lowest BCUT2D eigenvalue weighted by atomic mass is 9.80. The van der Waals surface area contributed by atoms with Crippen molar-refractivity contribution in [1.29, 1.82) is 0 Å². The number of nitrogens with one attached hydrogen (secondary N) is 1. The highest BCUT2D eigenvalue weighted by Crippen LogP contribution is 2.32. The fourth-order valence-corrected chi connectivity index (χ4v) is 3.32. The van der Waals surface area contributed by atoms with Gasteiger partial charge in [-0.15, -0.1) is 0 Å². The van der Waals surface area contributed by atoms with E-state index in [1.807, 2.05) is 0 Å². The first-order chi connectivity index (χ1) is 8.44. The maximum Gasteiger partial charge on any atom is 0.0471 e. The highest BCUT2D eigenvalue weighted by atomic mass is 16.5. The SMILES string of the molecule is CCC1CNC(C)(C)CN1CC1(C)CCOCC1. The summed E-state index contributed by atoms with van der Waals surface area (Å²) >= 11 is 0. The zero-order valence-corrected chi connectivity index (χ0v) is 12.6. The van der Waals surface area contributed by atoms with Crippen LogP contribution in [0.15, 0.2) is 0 Å². The van der Waals surface area contributed by atoms with Crippen LogP contribution in [0.2, 0.25) is 0 Å². The molecule has 2 fully saturated rings. The largest absolute Gasteiger partial charge is 0.381 e. The maximum atomic E-state index is 5.52. The van der Waals surface area contributed by atoms with Crippen molar-refractivity contribution >= 4 is 0 Å². The molecule has 3 heteroatoms. The van der Waals surface area contributed by atoms with Gasteiger partial charge >= 0.3 is 0 Å². The Labute approximate surface area is 112 Å². The maximum absolute atomic E-state index is 5.52. The van der Waals surface area contributed by atoms with Crippen LogP contribution in [0.1, 0.15) is 47.0 Å². The Morgan fingerprint density at radius 2 is 1.89 bits per heavy atom. The van der Waals surface area contributed by atoms with E-state index >= 15 is 0 Å². The minimum absolute atomic E-state index is 0.257. The van der Waals surface area contributed by atoms with E-state index in [1.54, 1.807) is 0 Å². The van der Waals surface area contributed by atoms with Gasteiger partial charge in [0.2, 0.25) is 0 Å². The predicted molar refractivity (Wildman–Crippen MR) is 75.9 cm³/mol. The summed E-state index contributed by atoms with van der Waals surface area (Å²) in [5.41, 5.74) is 0.715. The summed E-state index contributed by atoms with van der Waals surface area (Å²) in [5.74, 6) is 0. The molecule has 3 nitrogen and oxygen atoms in total. The first-order valence-electron chi connectivity index (χ1n) is 7.51. The van der Waals surface area contributed by atoms with Crippen molar-refractivity contribution in [2.24, 2.45) is 5.41 Å². The molecule has 1 unspecified atom stereocenters. The molecule has 18 heavy (non-hydrogen) atoms. The Balaban J connectivity index is 1.99. The van der Waals surface area contributed by atoms with Gasteiger partial charge in [0.25, 0.3) is 0 Å². The van der Waals surface area contributed by atoms with E-state index < -0.39 is 0 Å². The topological polar surface area (TPSA) is 24.5 Å². The Morgan fingerprint density at radius 3 is 2.50 bits per heavy atom. The van der Waals surface area contributed by atoms with Crippen LogP contribution >= 0.6 is 0 Å². The van der Waals surface area contributed by atoms with Crippen molar-refractivity contribution in [2.45, 2.75) is 58.5 Å². The van der Waals surface area contributed by atoms with Crippen molar-refractivity contribution in [3.05, 3.63) is 0 Å². The lowest BCUT2D eigenvalue weighted by Gasteiger charge is -2.48. The lowest BCUT2D eigenvalue weighted by molar-refractivity contribution is -0.0170. The van der Waals surface area contributed by atoms with Crippen molar-refractivity contribution in [3.63, 3.8) is 0 Å². The minimum Gasteiger partial charge on any atom is -0.381 e. The molecule has 0 amide bonds. The van der Waals surface area contributed by atoms with Gasteiger partial charge in [0.1, 0.15) is 0 Å². The van der Waals surface area contributed by atoms with Crippen LogP contribution < -0.4 is 5.32 Å². The van der Waals surface area contributed by atoms with Gasteiger partial charge in [-0.1, -0.05) is 13.8 Å². The summed E-state index contributed by atoms with van der Waals surface area (Å²) in [6.45, 7) is 14.8. The number of hydrogen-bond donors (Lipinski definition) is 1. The summed E-state index contributed by atoms with van der Waals surface area (Å²) in [7, 11) is 0. The van der Waals surface area contributed by atoms with Gasteiger partial charge < -0.3 is 10.1 Å². The van der Waals surface area contributed by atoms with Gasteiger partial charge in [-0.2, -0.15) is 0 Å². The van der Waals surface area contributed by atoms with Gasteiger partial charge in [0.15, 0.2) is 0 Å². The molecule has 0 bridgehead atoms. The standard InChI is InChI=1S/C15H30N2O/c1-5-13-10-16-14(2,3)11-17(13)12-15(4)6-8-18-9-7-15/h13,16H,5-12H2,1-4H3. The van der Waals surface area contributed by atoms with E-state index in [1.165, 1.54) is 32.4 Å². The van der Waals surface area contributed by atoms with Crippen molar-refractivity contribution in [3.8, 4) is 0 Å². The van der Waals surface area contributed by atoms with Crippen LogP contribution in [0.4, 0.5) is 0 Å². The summed E-state index contributed by atoms with van der Waals surface area (Å²) in [6.07, 6.45) is 3.68. The van der Waals surface area contributed by atoms with Gasteiger partial charge in [0, 0.05) is 44.4 Å². The lowest BCUT2D eigenvalue weighted by Crippen LogP contribution is -2.63. The second kappa shape index (κ2) is 5.48. The summed E-state index contributed by atoms with van der Waals surface area (Å²) < 4.78 is 5.52. The average molecular weight is 254 g/mol. The Morgan fingerprint density at radius 1 is 1.22 bits per heavy atom. The second-order valence-corrected chi connectivity index (χ2v) is 7.15. The Kier molecular flexibility index (Phi) is 4.35. The van der Waals surface area contributed by atoms with Gasteiger partial charge in [-0.05, 0) is 38.5 Å². The normalized spacial score (nSPS) is 32.3. The molecular formula is C15H30N2O. The third-order valence-corrected chi connectivity index (χ3v) is 4.69. The van der Waals surface area contributed by atoms with Gasteiger partial charge in [-0.25, -0.2) is 0 Å². The van der Waals surface area contributed by atoms with E-state index in [-0.39, 0.29) is 5.54 Å². The first-order valence-corrected chi connectivity index (χ1v) is 7.51. The summed E-state index contributed by atoms with van der Waals surface area (Å²) in [4.78, 5) is 2.72. The van der Waals surface area contributed by atoms with Crippen molar-refractivity contribution < 1.29 is 4.74 Å². The molecular weight excluding hydrogens is 224 g/mol. The van der Waals surface area contributed by atoms with Crippen LogP contribution in [-0.4, -0.2) is 49.3 Å². The highest BCUT2D eigenvalue weighted by molar-refractivity contribution is 4.94. The molecule has 0 spiro atoms. The first kappa shape index (κ1) is 14.3. The molecule has 106 valence electrons. The molecule has 0 radical (unpaired) electrons. The van der Waals surface area contributed by atoms with E-state index in [2.05, 4.69) is 37.9 Å². The zero-order chi connectivity index (χ0) is 13.2. The Bertz CT molecular complexity index is 272. The van der Waals surface area contributed by atoms with E-state index in [0.29, 0.717) is 11.5 Å². The number of hydrogen-bond acceptors (Lipinski definition) is 3. The van der Waals surface area contributed by atoms with Gasteiger partial charge in [0.05, 0.1) is 0 Å². The molecule has 2 saturated heterocycles. The molecule has 0 aromatic heterocycles. The number of piperazine rings is 1. The molecule has 0 aromatic carbocycles. The van der Waals surface area contributed by atoms with Crippen LogP contribution in [0.25, 0.3) is 0 Å². The monoisotopic (exact) mass is 254 g/mol. The van der Waals surface area contributed by atoms with E-state index in [9.17, 15) is 0 Å². The molecule has 2 heterocycles. The van der Waals surface area contributed by atoms with Gasteiger partial charge in [-0.3, -0.25) is 4.90 Å². The Hall–Kier alpha value is -0.120. The quantitative estimate of drug-likeness (QED) is 0.836. The fourth-order valence-electron chi connectivity index (χ4n) is 3.32. The molecule has 2 aliphatic rings. The summed E-state index contributed by atoms with van der Waals surface area (Å²) in [5, 5.41) is 3.67. The second-order valence-electron chi connectivity index (χ2n) is 7.15. The van der Waals surface area contributed by atoms with Crippen LogP contribution in [-0.2, 0) is 4.74 Å². The van der Waals surface area contributed by atoms with Crippen LogP contribution in [0, 0.1) is 5.41 Å². The third kappa shape index (κ3) is 3.46. The highest BCUT2D eigenvalue weighted by Gasteiger charge is 2.36. The van der Waals surface area contributed by atoms with E-state index in [4.69, 9.17) is 4.74 Å². The molecule has 2 rings (SSSR count). The number of ether oxygens (including phenoxy) is 1. The smallest absolute Gasteiger partial charge is 0.0471 e. The zero-order valence-electron chi connectivity index (χ0n) is 12.6. The predicted octanol–water partition coefficient (Wildman–Crippen LogP) is 2.27. The van der Waals surface area contributed by atoms with E-state index in [0.717, 1.165) is 19.8 Å². The minimum atomic E-state index is 0.257. The summed E-state index contributed by atoms with van der Waals surface area (Å²) in [6, 6.07) is 0.706. The molecule has 0 aromatic rings. The number of rotatable bonds is 3. The molecule has 0 saturated carbocycles. The van der Waals surface area contributed by atoms with Crippen molar-refractivity contribution in [2.75, 3.05) is 32.8 Å². The molecule has 1 N–H and O–H groups in total. The number of nitrogens with zero attached hydrogens (tertiary/aromatic N) is 1. The van der Waals surface area contributed by atoms with Crippen molar-refractivity contribution in [1.82, 2.24) is 10.2 Å². The average Bonchev–Trinajstić information content (AvgIpc) is 2.28.